The summed E-state index contributed by atoms with van der Waals surface area (Å²) in [6.45, 7) is 18.9. The molecule has 4 aliphatic rings. The van der Waals surface area contributed by atoms with Crippen molar-refractivity contribution in [2.45, 2.75) is 112 Å². The molecule has 9 atom stereocenters. The fraction of sp³-hybridized carbons (Fsp3) is 0.862. The maximum absolute atomic E-state index is 11.4. The molecule has 0 saturated heterocycles. The first kappa shape index (κ1) is 23.6. The van der Waals surface area contributed by atoms with Crippen LogP contribution in [0.5, 0.6) is 0 Å². The van der Waals surface area contributed by atoms with E-state index in [1.807, 2.05) is 0 Å². The van der Waals surface area contributed by atoms with Gasteiger partial charge in [0.1, 0.15) is 0 Å². The van der Waals surface area contributed by atoms with Gasteiger partial charge in [-0.25, -0.2) is 0 Å². The molecule has 4 aliphatic carbocycles. The lowest BCUT2D eigenvalue weighted by molar-refractivity contribution is -0.0327. The Balaban J connectivity index is 1.60. The van der Waals surface area contributed by atoms with Gasteiger partial charge in [-0.05, 0) is 102 Å². The molecule has 0 aromatic rings. The second kappa shape index (κ2) is 8.32. The van der Waals surface area contributed by atoms with Crippen LogP contribution in [0.3, 0.4) is 0 Å². The van der Waals surface area contributed by atoms with Gasteiger partial charge >= 0.3 is 0 Å². The van der Waals surface area contributed by atoms with E-state index in [2.05, 4.69) is 48.1 Å². The quantitative estimate of drug-likeness (QED) is 0.467. The molecule has 0 spiro atoms. The zero-order chi connectivity index (χ0) is 22.7. The summed E-state index contributed by atoms with van der Waals surface area (Å²) in [6.07, 6.45) is 9.61. The van der Waals surface area contributed by atoms with E-state index in [-0.39, 0.29) is 29.0 Å². The molecule has 176 valence electrons. The molecule has 0 bridgehead atoms. The molecule has 9 unspecified atom stereocenters. The molecule has 0 aromatic heterocycles. The molecule has 2 nitrogen and oxygen atoms in total. The molecular weight excluding hydrogens is 380 g/mol. The van der Waals surface area contributed by atoms with Gasteiger partial charge in [-0.1, -0.05) is 66.5 Å². The monoisotopic (exact) mass is 428 g/mol. The van der Waals surface area contributed by atoms with E-state index in [0.717, 1.165) is 48.5 Å². The van der Waals surface area contributed by atoms with Crippen LogP contribution in [0.15, 0.2) is 23.3 Å². The van der Waals surface area contributed by atoms with Gasteiger partial charge in [-0.2, -0.15) is 0 Å². The second-order valence-corrected chi connectivity index (χ2v) is 12.8. The lowest BCUT2D eigenvalue weighted by Crippen LogP contribution is -2.52. The SMILES string of the molecule is C=C1C(O)CCC2(C)C1CC(O)C1=C3CCC(C(C)CCC(C)C(C)C)C3(C)CCC12. The fourth-order valence-corrected chi connectivity index (χ4v) is 8.49. The topological polar surface area (TPSA) is 40.5 Å². The van der Waals surface area contributed by atoms with E-state index in [4.69, 9.17) is 0 Å². The van der Waals surface area contributed by atoms with Crippen molar-refractivity contribution in [3.05, 3.63) is 23.3 Å². The predicted octanol–water partition coefficient (Wildman–Crippen LogP) is 6.92. The number of fused-ring (bicyclic) bond motifs is 4. The Morgan fingerprint density at radius 2 is 1.65 bits per heavy atom. The van der Waals surface area contributed by atoms with Crippen LogP contribution in [-0.2, 0) is 0 Å². The number of hydrogen-bond acceptors (Lipinski definition) is 2. The average molecular weight is 429 g/mol. The van der Waals surface area contributed by atoms with Crippen molar-refractivity contribution in [2.24, 2.45) is 46.3 Å². The van der Waals surface area contributed by atoms with E-state index < -0.39 is 0 Å². The Morgan fingerprint density at radius 1 is 0.935 bits per heavy atom. The summed E-state index contributed by atoms with van der Waals surface area (Å²) in [6, 6.07) is 0. The first-order chi connectivity index (χ1) is 14.5. The van der Waals surface area contributed by atoms with Crippen LogP contribution >= 0.6 is 0 Å². The van der Waals surface area contributed by atoms with Gasteiger partial charge in [-0.3, -0.25) is 0 Å². The summed E-state index contributed by atoms with van der Waals surface area (Å²) in [4.78, 5) is 0. The van der Waals surface area contributed by atoms with Crippen LogP contribution in [0.1, 0.15) is 99.3 Å². The van der Waals surface area contributed by atoms with Gasteiger partial charge in [0.05, 0.1) is 12.2 Å². The van der Waals surface area contributed by atoms with Gasteiger partial charge in [0.25, 0.3) is 0 Å². The highest BCUT2D eigenvalue weighted by molar-refractivity contribution is 5.39. The summed E-state index contributed by atoms with van der Waals surface area (Å²) in [5.74, 6) is 3.83. The number of hydrogen-bond donors (Lipinski definition) is 2. The molecular formula is C29H48O2. The van der Waals surface area contributed by atoms with Crippen molar-refractivity contribution in [1.82, 2.24) is 0 Å². The summed E-state index contributed by atoms with van der Waals surface area (Å²) < 4.78 is 0. The highest BCUT2D eigenvalue weighted by Crippen LogP contribution is 2.66. The van der Waals surface area contributed by atoms with Crippen molar-refractivity contribution in [1.29, 1.82) is 0 Å². The van der Waals surface area contributed by atoms with Gasteiger partial charge in [0, 0.05) is 0 Å². The van der Waals surface area contributed by atoms with Crippen molar-refractivity contribution in [2.75, 3.05) is 0 Å². The molecule has 0 aromatic carbocycles. The van der Waals surface area contributed by atoms with Crippen LogP contribution < -0.4 is 0 Å². The second-order valence-electron chi connectivity index (χ2n) is 12.8. The molecule has 0 aliphatic heterocycles. The maximum atomic E-state index is 11.4. The van der Waals surface area contributed by atoms with Gasteiger partial charge in [-0.15, -0.1) is 0 Å². The van der Waals surface area contributed by atoms with E-state index in [9.17, 15) is 10.2 Å². The van der Waals surface area contributed by atoms with E-state index in [1.165, 1.54) is 44.1 Å². The number of allylic oxidation sites excluding steroid dienone is 1. The van der Waals surface area contributed by atoms with Crippen LogP contribution in [0.2, 0.25) is 0 Å². The summed E-state index contributed by atoms with van der Waals surface area (Å²) in [7, 11) is 0. The molecule has 0 radical (unpaired) electrons. The Hall–Kier alpha value is -0.600. The molecule has 3 fully saturated rings. The third-order valence-electron chi connectivity index (χ3n) is 11.0. The van der Waals surface area contributed by atoms with E-state index in [1.54, 1.807) is 5.57 Å². The summed E-state index contributed by atoms with van der Waals surface area (Å²) >= 11 is 0. The highest BCUT2D eigenvalue weighted by atomic mass is 16.3. The minimum Gasteiger partial charge on any atom is -0.389 e. The third-order valence-corrected chi connectivity index (χ3v) is 11.0. The minimum absolute atomic E-state index is 0.162. The molecule has 31 heavy (non-hydrogen) atoms. The van der Waals surface area contributed by atoms with Crippen LogP contribution in [0.25, 0.3) is 0 Å². The lowest BCUT2D eigenvalue weighted by Gasteiger charge is -2.58. The third kappa shape index (κ3) is 3.68. The first-order valence-electron chi connectivity index (χ1n) is 13.3. The zero-order valence-corrected chi connectivity index (χ0v) is 21.1. The van der Waals surface area contributed by atoms with Gasteiger partial charge in [0.2, 0.25) is 0 Å². The van der Waals surface area contributed by atoms with Gasteiger partial charge < -0.3 is 10.2 Å². The van der Waals surface area contributed by atoms with Crippen LogP contribution in [0, 0.1) is 46.3 Å². The lowest BCUT2D eigenvalue weighted by atomic mass is 9.47. The van der Waals surface area contributed by atoms with E-state index in [0.29, 0.717) is 5.92 Å². The predicted molar refractivity (Wildman–Crippen MR) is 130 cm³/mol. The number of aliphatic hydroxyl groups is 2. The Labute approximate surface area is 191 Å². The molecule has 4 rings (SSSR count). The first-order valence-corrected chi connectivity index (χ1v) is 13.3. The highest BCUT2D eigenvalue weighted by Gasteiger charge is 2.58. The summed E-state index contributed by atoms with van der Waals surface area (Å²) in [5, 5.41) is 21.8. The zero-order valence-electron chi connectivity index (χ0n) is 21.1. The van der Waals surface area contributed by atoms with Gasteiger partial charge in [0.15, 0.2) is 0 Å². The summed E-state index contributed by atoms with van der Waals surface area (Å²) in [5.41, 5.74) is 4.50. The number of rotatable bonds is 5. The van der Waals surface area contributed by atoms with Crippen molar-refractivity contribution >= 4 is 0 Å². The van der Waals surface area contributed by atoms with E-state index >= 15 is 0 Å². The Bertz CT molecular complexity index is 735. The molecule has 2 N–H and O–H groups in total. The fourth-order valence-electron chi connectivity index (χ4n) is 8.49. The minimum atomic E-state index is -0.377. The smallest absolute Gasteiger partial charge is 0.0761 e. The van der Waals surface area contributed by atoms with Crippen molar-refractivity contribution < 1.29 is 10.2 Å². The standard InChI is InChI=1S/C29H48O2/c1-17(2)18(3)8-9-19(4)21-10-11-22-27-23(12-14-28(21,22)6)29(7)15-13-25(30)20(5)24(29)16-26(27)31/h17-19,21,23-26,30-31H,5,8-16H2,1-4,6-7H3. The molecule has 2 heteroatoms. The maximum Gasteiger partial charge on any atom is 0.0761 e. The largest absolute Gasteiger partial charge is 0.389 e. The Morgan fingerprint density at radius 3 is 2.32 bits per heavy atom. The van der Waals surface area contributed by atoms with Crippen LogP contribution in [-0.4, -0.2) is 22.4 Å². The average Bonchev–Trinajstić information content (AvgIpc) is 3.07. The Kier molecular flexibility index (Phi) is 6.32. The van der Waals surface area contributed by atoms with Crippen molar-refractivity contribution in [3.8, 4) is 0 Å². The number of aliphatic hydroxyl groups excluding tert-OH is 2. The molecule has 0 amide bonds. The van der Waals surface area contributed by atoms with Crippen molar-refractivity contribution in [3.63, 3.8) is 0 Å². The molecule has 0 heterocycles. The molecule has 3 saturated carbocycles. The normalized spacial score (nSPS) is 44.7. The van der Waals surface area contributed by atoms with Crippen LogP contribution in [0.4, 0.5) is 0 Å².